The zero-order valence-corrected chi connectivity index (χ0v) is 13.5. The first-order valence-corrected chi connectivity index (χ1v) is 7.92. The topological polar surface area (TPSA) is 69.6 Å². The second-order valence-corrected chi connectivity index (χ2v) is 6.16. The summed E-state index contributed by atoms with van der Waals surface area (Å²) in [6, 6.07) is 5.03. The molecule has 0 aliphatic carbocycles. The summed E-state index contributed by atoms with van der Waals surface area (Å²) in [7, 11) is 0. The first kappa shape index (κ1) is 17.4. The molecule has 1 aliphatic heterocycles. The van der Waals surface area contributed by atoms with Crippen LogP contribution in [0.4, 0.5) is 4.39 Å². The zero-order chi connectivity index (χ0) is 17.0. The Labute approximate surface area is 135 Å². The van der Waals surface area contributed by atoms with E-state index in [1.807, 2.05) is 13.8 Å². The number of likely N-dealkylation sites (tertiary alicyclic amines) is 1. The maximum absolute atomic E-state index is 12.9. The molecule has 1 aromatic rings. The van der Waals surface area contributed by atoms with E-state index in [0.29, 0.717) is 18.5 Å². The monoisotopic (exact) mass is 322 g/mol. The predicted octanol–water partition coefficient (Wildman–Crippen LogP) is 1.62. The SMILES string of the molecule is CC(C)C(=O)N1CCCC1C(=O)NCC(O)c1ccc(F)cc1. The van der Waals surface area contributed by atoms with Crippen LogP contribution < -0.4 is 5.32 Å². The van der Waals surface area contributed by atoms with Crippen molar-refractivity contribution in [2.24, 2.45) is 5.92 Å². The number of aliphatic hydroxyl groups excluding tert-OH is 1. The van der Waals surface area contributed by atoms with Gasteiger partial charge in [0.05, 0.1) is 6.10 Å². The minimum Gasteiger partial charge on any atom is -0.387 e. The Morgan fingerprint density at radius 3 is 2.61 bits per heavy atom. The number of nitrogens with one attached hydrogen (secondary N) is 1. The molecule has 0 aromatic heterocycles. The van der Waals surface area contributed by atoms with E-state index in [4.69, 9.17) is 0 Å². The van der Waals surface area contributed by atoms with Gasteiger partial charge < -0.3 is 15.3 Å². The van der Waals surface area contributed by atoms with Crippen molar-refractivity contribution >= 4 is 11.8 Å². The molecule has 6 heteroatoms. The number of halogens is 1. The Hall–Kier alpha value is -1.95. The fraction of sp³-hybridized carbons (Fsp3) is 0.529. The third kappa shape index (κ3) is 4.28. The van der Waals surface area contributed by atoms with Crippen LogP contribution in [0.25, 0.3) is 0 Å². The summed E-state index contributed by atoms with van der Waals surface area (Å²) in [5.41, 5.74) is 0.535. The number of rotatable bonds is 5. The van der Waals surface area contributed by atoms with Gasteiger partial charge in [-0.1, -0.05) is 26.0 Å². The molecule has 0 bridgehead atoms. The number of amides is 2. The maximum atomic E-state index is 12.9. The van der Waals surface area contributed by atoms with Gasteiger partial charge >= 0.3 is 0 Å². The highest BCUT2D eigenvalue weighted by molar-refractivity contribution is 5.88. The summed E-state index contributed by atoms with van der Waals surface area (Å²) >= 11 is 0. The van der Waals surface area contributed by atoms with Gasteiger partial charge in [0.1, 0.15) is 11.9 Å². The summed E-state index contributed by atoms with van der Waals surface area (Å²) in [4.78, 5) is 26.0. The number of hydrogen-bond donors (Lipinski definition) is 2. The first-order valence-electron chi connectivity index (χ1n) is 7.92. The normalized spacial score (nSPS) is 19.0. The van der Waals surface area contributed by atoms with E-state index in [0.717, 1.165) is 6.42 Å². The Morgan fingerprint density at radius 1 is 1.35 bits per heavy atom. The molecule has 126 valence electrons. The van der Waals surface area contributed by atoms with Crippen LogP contribution in [0.3, 0.4) is 0 Å². The molecule has 1 heterocycles. The highest BCUT2D eigenvalue weighted by atomic mass is 19.1. The largest absolute Gasteiger partial charge is 0.387 e. The molecule has 5 nitrogen and oxygen atoms in total. The fourth-order valence-corrected chi connectivity index (χ4v) is 2.75. The third-order valence-corrected chi connectivity index (χ3v) is 4.06. The lowest BCUT2D eigenvalue weighted by Crippen LogP contribution is -2.47. The molecule has 0 spiro atoms. The van der Waals surface area contributed by atoms with Gasteiger partial charge in [0.2, 0.25) is 11.8 Å². The number of nitrogens with zero attached hydrogens (tertiary/aromatic N) is 1. The average molecular weight is 322 g/mol. The van der Waals surface area contributed by atoms with Crippen molar-refractivity contribution in [3.63, 3.8) is 0 Å². The van der Waals surface area contributed by atoms with Crippen LogP contribution in [0.5, 0.6) is 0 Å². The fourth-order valence-electron chi connectivity index (χ4n) is 2.75. The third-order valence-electron chi connectivity index (χ3n) is 4.06. The first-order chi connectivity index (χ1) is 10.9. The summed E-state index contributed by atoms with van der Waals surface area (Å²) in [5.74, 6) is -0.800. The van der Waals surface area contributed by atoms with E-state index in [1.165, 1.54) is 24.3 Å². The van der Waals surface area contributed by atoms with Crippen molar-refractivity contribution < 1.29 is 19.1 Å². The second-order valence-electron chi connectivity index (χ2n) is 6.16. The van der Waals surface area contributed by atoms with E-state index in [2.05, 4.69) is 5.32 Å². The average Bonchev–Trinajstić information content (AvgIpc) is 3.01. The van der Waals surface area contributed by atoms with Gasteiger partial charge in [0.15, 0.2) is 0 Å². The molecule has 0 radical (unpaired) electrons. The van der Waals surface area contributed by atoms with Crippen molar-refractivity contribution in [1.82, 2.24) is 10.2 Å². The second kappa shape index (κ2) is 7.55. The lowest BCUT2D eigenvalue weighted by molar-refractivity contribution is -0.140. The van der Waals surface area contributed by atoms with Crippen molar-refractivity contribution in [1.29, 1.82) is 0 Å². The molecule has 2 rings (SSSR count). The van der Waals surface area contributed by atoms with Gasteiger partial charge in [-0.25, -0.2) is 4.39 Å². The van der Waals surface area contributed by atoms with Gasteiger partial charge in [-0.2, -0.15) is 0 Å². The Kier molecular flexibility index (Phi) is 5.71. The minimum atomic E-state index is -0.907. The number of carbonyl (C=O) groups excluding carboxylic acids is 2. The summed E-state index contributed by atoms with van der Waals surface area (Å²) in [5, 5.41) is 12.7. The van der Waals surface area contributed by atoms with Crippen molar-refractivity contribution in [2.75, 3.05) is 13.1 Å². The minimum absolute atomic E-state index is 0.0262. The molecule has 2 unspecified atom stereocenters. The van der Waals surface area contributed by atoms with E-state index < -0.39 is 12.1 Å². The van der Waals surface area contributed by atoms with Gasteiger partial charge in [0.25, 0.3) is 0 Å². The summed E-state index contributed by atoms with van der Waals surface area (Å²) in [6.45, 7) is 4.25. The molecule has 2 amide bonds. The molecule has 1 aliphatic rings. The van der Waals surface area contributed by atoms with E-state index in [9.17, 15) is 19.1 Å². The Morgan fingerprint density at radius 2 is 2.00 bits per heavy atom. The number of hydrogen-bond acceptors (Lipinski definition) is 3. The van der Waals surface area contributed by atoms with E-state index in [1.54, 1.807) is 4.90 Å². The van der Waals surface area contributed by atoms with Crippen LogP contribution in [-0.2, 0) is 9.59 Å². The van der Waals surface area contributed by atoms with Crippen LogP contribution in [-0.4, -0.2) is 41.0 Å². The molecule has 0 saturated carbocycles. The standard InChI is InChI=1S/C17H23FN2O3/c1-11(2)17(23)20-9-3-4-14(20)16(22)19-10-15(21)12-5-7-13(18)8-6-12/h5-8,11,14-15,21H,3-4,9-10H2,1-2H3,(H,19,22). The smallest absolute Gasteiger partial charge is 0.242 e. The predicted molar refractivity (Wildman–Crippen MR) is 83.9 cm³/mol. The van der Waals surface area contributed by atoms with Crippen molar-refractivity contribution in [3.8, 4) is 0 Å². The maximum Gasteiger partial charge on any atom is 0.242 e. The highest BCUT2D eigenvalue weighted by Gasteiger charge is 2.34. The molecular formula is C17H23FN2O3. The summed E-state index contributed by atoms with van der Waals surface area (Å²) in [6.07, 6.45) is 0.531. The quantitative estimate of drug-likeness (QED) is 0.865. The van der Waals surface area contributed by atoms with E-state index in [-0.39, 0.29) is 30.1 Å². The van der Waals surface area contributed by atoms with Gasteiger partial charge in [-0.05, 0) is 30.5 Å². The molecule has 2 atom stereocenters. The van der Waals surface area contributed by atoms with E-state index >= 15 is 0 Å². The van der Waals surface area contributed by atoms with Crippen molar-refractivity contribution in [3.05, 3.63) is 35.6 Å². The van der Waals surface area contributed by atoms with Gasteiger partial charge in [-0.3, -0.25) is 9.59 Å². The Balaban J connectivity index is 1.91. The number of benzene rings is 1. The van der Waals surface area contributed by atoms with Gasteiger partial charge in [-0.15, -0.1) is 0 Å². The van der Waals surface area contributed by atoms with Gasteiger partial charge in [0, 0.05) is 19.0 Å². The lowest BCUT2D eigenvalue weighted by atomic mass is 10.1. The van der Waals surface area contributed by atoms with Crippen LogP contribution in [0, 0.1) is 11.7 Å². The van der Waals surface area contributed by atoms with Crippen molar-refractivity contribution in [2.45, 2.75) is 38.8 Å². The lowest BCUT2D eigenvalue weighted by Gasteiger charge is -2.26. The Bertz CT molecular complexity index is 559. The van der Waals surface area contributed by atoms with Crippen LogP contribution in [0.2, 0.25) is 0 Å². The van der Waals surface area contributed by atoms with Crippen LogP contribution >= 0.6 is 0 Å². The highest BCUT2D eigenvalue weighted by Crippen LogP contribution is 2.20. The molecule has 1 fully saturated rings. The van der Waals surface area contributed by atoms with Crippen LogP contribution in [0.1, 0.15) is 38.4 Å². The molecule has 1 aromatic carbocycles. The summed E-state index contributed by atoms with van der Waals surface area (Å²) < 4.78 is 12.9. The molecule has 1 saturated heterocycles. The zero-order valence-electron chi connectivity index (χ0n) is 13.5. The molecular weight excluding hydrogens is 299 g/mol. The molecule has 23 heavy (non-hydrogen) atoms. The number of aliphatic hydroxyl groups is 1. The molecule has 2 N–H and O–H groups in total. The van der Waals surface area contributed by atoms with Crippen LogP contribution in [0.15, 0.2) is 24.3 Å². The number of carbonyl (C=O) groups is 2.